The number of nitrogens with two attached hydrogens (primary N) is 1. The molecule has 10 heteroatoms. The maximum absolute atomic E-state index is 16.4. The monoisotopic (exact) mass is 663 g/mol. The predicted molar refractivity (Wildman–Crippen MR) is 155 cm³/mol. The number of halogens is 2. The molecule has 3 unspecified atom stereocenters. The highest BCUT2D eigenvalue weighted by Gasteiger charge is 2.99. The lowest BCUT2D eigenvalue weighted by Gasteiger charge is -2.58. The minimum absolute atomic E-state index is 0.0648. The van der Waals surface area contributed by atoms with E-state index in [0.29, 0.717) is 31.4 Å². The normalized spacial score (nSPS) is 40.2. The molecule has 1 heterocycles. The van der Waals surface area contributed by atoms with E-state index in [1.54, 1.807) is 7.05 Å². The summed E-state index contributed by atoms with van der Waals surface area (Å²) in [4.78, 5) is 26.8. The highest BCUT2D eigenvalue weighted by Crippen LogP contribution is 3.00. The SMILES string of the molecule is CC[C@@]12C[C@@H]3Cc4c(F)c5c(c(O)c4C(=O)C3=C(O)[C@@]13C1CC13C(C(N)=O)=C(O)[C@H]2NC)NCC(CCI)[C@H]5C. The summed E-state index contributed by atoms with van der Waals surface area (Å²) in [5.74, 6) is -2.63. The first-order valence-electron chi connectivity index (χ1n) is 14.3. The number of primary amides is 1. The zero-order valence-electron chi connectivity index (χ0n) is 22.8. The number of fused-ring (bicyclic) bond motifs is 3. The number of ketones is 1. The highest BCUT2D eigenvalue weighted by atomic mass is 127. The number of alkyl halides is 1. The van der Waals surface area contributed by atoms with Crippen LogP contribution in [0.3, 0.4) is 0 Å². The zero-order valence-corrected chi connectivity index (χ0v) is 25.0. The van der Waals surface area contributed by atoms with Crippen LogP contribution in [0.5, 0.6) is 5.75 Å². The number of nitrogens with one attached hydrogen (secondary N) is 2. The van der Waals surface area contributed by atoms with Gasteiger partial charge in [0.2, 0.25) is 5.91 Å². The van der Waals surface area contributed by atoms with Crippen LogP contribution in [-0.2, 0) is 11.2 Å². The first-order chi connectivity index (χ1) is 19.0. The van der Waals surface area contributed by atoms with E-state index < -0.39 is 45.7 Å². The van der Waals surface area contributed by atoms with Crippen LogP contribution < -0.4 is 16.4 Å². The number of allylic oxidation sites excluding steroid dienone is 2. The molecule has 6 aliphatic rings. The van der Waals surface area contributed by atoms with Crippen LogP contribution in [0.4, 0.5) is 10.1 Å². The summed E-state index contributed by atoms with van der Waals surface area (Å²) in [6, 6.07) is -0.654. The number of phenols is 1. The summed E-state index contributed by atoms with van der Waals surface area (Å²) in [6.45, 7) is 4.56. The Hall–Kier alpha value is -2.34. The van der Waals surface area contributed by atoms with Crippen molar-refractivity contribution in [2.24, 2.45) is 39.7 Å². The molecular formula is C30H35FIN3O5. The number of Topliss-reactive ketones (excluding diaryl/α,β-unsaturated/α-hetero) is 1. The fraction of sp³-hybridized carbons (Fsp3) is 0.600. The Kier molecular flexibility index (Phi) is 5.41. The molecule has 8 nitrogen and oxygen atoms in total. The topological polar surface area (TPSA) is 145 Å². The summed E-state index contributed by atoms with van der Waals surface area (Å²) in [7, 11) is 1.71. The number of hydrogen-bond acceptors (Lipinski definition) is 7. The van der Waals surface area contributed by atoms with Crippen molar-refractivity contribution in [3.63, 3.8) is 0 Å². The summed E-state index contributed by atoms with van der Waals surface area (Å²) < 4.78 is 17.4. The van der Waals surface area contributed by atoms with Gasteiger partial charge in [-0.25, -0.2) is 4.39 Å². The fourth-order valence-electron chi connectivity index (χ4n) is 10.2. The van der Waals surface area contributed by atoms with E-state index in [1.807, 2.05) is 13.8 Å². The quantitative estimate of drug-likeness (QED) is 0.156. The van der Waals surface area contributed by atoms with E-state index in [0.717, 1.165) is 10.8 Å². The third-order valence-corrected chi connectivity index (χ3v) is 12.5. The summed E-state index contributed by atoms with van der Waals surface area (Å²) in [6.07, 6.45) is 2.67. The van der Waals surface area contributed by atoms with Crippen LogP contribution >= 0.6 is 22.6 Å². The molecule has 2 spiro atoms. The molecule has 0 radical (unpaired) electrons. The molecule has 7 rings (SSSR count). The minimum atomic E-state index is -0.903. The number of aromatic hydroxyl groups is 1. The number of likely N-dealkylation sites (N-methyl/N-ethyl adjacent to an activating group) is 1. The van der Waals surface area contributed by atoms with E-state index in [-0.39, 0.29) is 69.4 Å². The molecule has 0 bridgehead atoms. The number of hydrogen-bond donors (Lipinski definition) is 6. The maximum Gasteiger partial charge on any atom is 0.248 e. The van der Waals surface area contributed by atoms with Crippen molar-refractivity contribution in [3.8, 4) is 5.75 Å². The van der Waals surface area contributed by atoms with E-state index in [9.17, 15) is 24.9 Å². The molecule has 0 saturated heterocycles. The average Bonchev–Trinajstić information content (AvgIpc) is 3.77. The number of carbonyl (C=O) groups is 2. The molecular weight excluding hydrogens is 628 g/mol. The molecule has 40 heavy (non-hydrogen) atoms. The van der Waals surface area contributed by atoms with Crippen LogP contribution in [0, 0.1) is 39.8 Å². The highest BCUT2D eigenvalue weighted by molar-refractivity contribution is 14.1. The molecule has 1 aliphatic heterocycles. The lowest BCUT2D eigenvalue weighted by atomic mass is 9.47. The van der Waals surface area contributed by atoms with Crippen LogP contribution in [-0.4, -0.2) is 51.1 Å². The Morgan fingerprint density at radius 3 is 2.60 bits per heavy atom. The molecule has 8 atom stereocenters. The van der Waals surface area contributed by atoms with Crippen LogP contribution in [0.25, 0.3) is 0 Å². The van der Waals surface area contributed by atoms with Gasteiger partial charge in [-0.15, -0.1) is 0 Å². The summed E-state index contributed by atoms with van der Waals surface area (Å²) in [5.41, 5.74) is 4.60. The predicted octanol–water partition coefficient (Wildman–Crippen LogP) is 4.37. The second kappa shape index (κ2) is 8.14. The van der Waals surface area contributed by atoms with E-state index in [2.05, 4.69) is 33.2 Å². The van der Waals surface area contributed by atoms with Crippen molar-refractivity contribution in [2.45, 2.75) is 57.9 Å². The van der Waals surface area contributed by atoms with Gasteiger partial charge in [-0.3, -0.25) is 9.59 Å². The van der Waals surface area contributed by atoms with E-state index in [1.165, 1.54) is 0 Å². The van der Waals surface area contributed by atoms with Gasteiger partial charge in [-0.1, -0.05) is 36.4 Å². The molecule has 214 valence electrons. The van der Waals surface area contributed by atoms with Crippen LogP contribution in [0.1, 0.15) is 66.9 Å². The third-order valence-electron chi connectivity index (χ3n) is 11.9. The van der Waals surface area contributed by atoms with E-state index >= 15 is 4.39 Å². The van der Waals surface area contributed by atoms with Crippen molar-refractivity contribution < 1.29 is 29.3 Å². The molecule has 1 aromatic rings. The lowest BCUT2D eigenvalue weighted by Crippen LogP contribution is -2.61. The zero-order chi connectivity index (χ0) is 28.7. The molecule has 0 aromatic heterocycles. The number of phenolic OH excluding ortho intramolecular Hbond substituents is 1. The molecule has 2 saturated carbocycles. The molecule has 2 fully saturated rings. The van der Waals surface area contributed by atoms with Gasteiger partial charge in [0.25, 0.3) is 0 Å². The number of rotatable bonds is 5. The summed E-state index contributed by atoms with van der Waals surface area (Å²) in [5, 5.41) is 41.3. The first-order valence-corrected chi connectivity index (χ1v) is 15.8. The lowest BCUT2D eigenvalue weighted by molar-refractivity contribution is -0.116. The van der Waals surface area contributed by atoms with Gasteiger partial charge in [0.15, 0.2) is 11.5 Å². The van der Waals surface area contributed by atoms with Gasteiger partial charge >= 0.3 is 0 Å². The molecule has 1 amide bonds. The van der Waals surface area contributed by atoms with Crippen LogP contribution in [0.2, 0.25) is 0 Å². The first kappa shape index (κ1) is 26.6. The molecule has 5 aliphatic carbocycles. The van der Waals surface area contributed by atoms with Crippen molar-refractivity contribution in [1.82, 2.24) is 5.32 Å². The van der Waals surface area contributed by atoms with Gasteiger partial charge in [-0.05, 0) is 67.3 Å². The summed E-state index contributed by atoms with van der Waals surface area (Å²) >= 11 is 2.32. The number of carbonyl (C=O) groups excluding carboxylic acids is 2. The van der Waals surface area contributed by atoms with Gasteiger partial charge < -0.3 is 31.7 Å². The van der Waals surface area contributed by atoms with Gasteiger partial charge in [0.05, 0.1) is 22.9 Å². The Bertz CT molecular complexity index is 1490. The Morgan fingerprint density at radius 2 is 2.00 bits per heavy atom. The Morgan fingerprint density at radius 1 is 1.27 bits per heavy atom. The van der Waals surface area contributed by atoms with Crippen molar-refractivity contribution in [3.05, 3.63) is 45.2 Å². The largest absolute Gasteiger partial charge is 0.511 e. The third kappa shape index (κ3) is 2.59. The number of anilines is 1. The molecule has 1 aromatic carbocycles. The number of benzene rings is 1. The Balaban J connectivity index is 1.43. The van der Waals surface area contributed by atoms with Gasteiger partial charge in [-0.2, -0.15) is 0 Å². The number of aliphatic hydroxyl groups excluding tert-OH is 2. The van der Waals surface area contributed by atoms with Crippen LogP contribution in [0.15, 0.2) is 22.7 Å². The smallest absolute Gasteiger partial charge is 0.248 e. The van der Waals surface area contributed by atoms with Crippen molar-refractivity contribution in [1.29, 1.82) is 0 Å². The standard InChI is InChI=1S/C30H35FIN3O5/c1-4-28-8-13-7-14-18(23(37)21-16(20(14)31)11(2)12(5-6-32)10-35-21)22(36)17(13)26(39)30(28)15-9-29(15,30)19(27(33)40)24(38)25(28)34-3/h11-13,15,25,34-35,37-39H,4-10H2,1-3H3,(H2,33,40)/t11-,12?,13+,15?,25-,28+,29?,30+/m1/s1. The van der Waals surface area contributed by atoms with Gasteiger partial charge in [0.1, 0.15) is 17.3 Å². The minimum Gasteiger partial charge on any atom is -0.511 e. The van der Waals surface area contributed by atoms with Crippen molar-refractivity contribution in [2.75, 3.05) is 23.3 Å². The second-order valence-corrected chi connectivity index (χ2v) is 13.9. The number of aliphatic hydroxyl groups is 2. The maximum atomic E-state index is 16.4. The van der Waals surface area contributed by atoms with Crippen molar-refractivity contribution >= 4 is 40.0 Å². The number of amides is 1. The van der Waals surface area contributed by atoms with Gasteiger partial charge in [0, 0.05) is 39.5 Å². The van der Waals surface area contributed by atoms with E-state index in [4.69, 9.17) is 5.73 Å². The Labute approximate surface area is 245 Å². The average molecular weight is 664 g/mol. The fourth-order valence-corrected chi connectivity index (χ4v) is 11.0. The second-order valence-electron chi connectivity index (χ2n) is 12.8. The molecule has 7 N–H and O–H groups in total.